The van der Waals surface area contributed by atoms with Gasteiger partial charge >= 0.3 is 0 Å². The van der Waals surface area contributed by atoms with Crippen LogP contribution in [0.15, 0.2) is 48.5 Å². The van der Waals surface area contributed by atoms with Crippen LogP contribution >= 0.6 is 0 Å². The van der Waals surface area contributed by atoms with E-state index in [0.29, 0.717) is 12.0 Å². The van der Waals surface area contributed by atoms with Crippen LogP contribution in [0, 0.1) is 6.92 Å². The van der Waals surface area contributed by atoms with Gasteiger partial charge in [-0.05, 0) is 55.7 Å². The molecule has 1 heterocycles. The van der Waals surface area contributed by atoms with Gasteiger partial charge in [-0.3, -0.25) is 9.59 Å². The minimum Gasteiger partial charge on any atom is -0.346 e. The topological polar surface area (TPSA) is 49.4 Å². The number of carbonyl (C=O) groups excluding carboxylic acids is 2. The Balaban J connectivity index is 1.69. The summed E-state index contributed by atoms with van der Waals surface area (Å²) in [7, 11) is 0. The lowest BCUT2D eigenvalue weighted by Crippen LogP contribution is -2.27. The van der Waals surface area contributed by atoms with Gasteiger partial charge in [-0.1, -0.05) is 24.3 Å². The zero-order chi connectivity index (χ0) is 17.1. The summed E-state index contributed by atoms with van der Waals surface area (Å²) in [5.74, 6) is 0.0467. The fourth-order valence-corrected chi connectivity index (χ4v) is 3.14. The van der Waals surface area contributed by atoms with Crippen molar-refractivity contribution in [2.45, 2.75) is 32.7 Å². The molecule has 0 saturated carbocycles. The van der Waals surface area contributed by atoms with Crippen molar-refractivity contribution in [1.82, 2.24) is 5.32 Å². The fourth-order valence-electron chi connectivity index (χ4n) is 3.14. The third-order valence-corrected chi connectivity index (χ3v) is 4.52. The normalized spacial score (nSPS) is 15.4. The predicted molar refractivity (Wildman–Crippen MR) is 95.1 cm³/mol. The van der Waals surface area contributed by atoms with Crippen molar-refractivity contribution in [1.29, 1.82) is 0 Å². The minimum absolute atomic E-state index is 0.0569. The summed E-state index contributed by atoms with van der Waals surface area (Å²) in [5.41, 5.74) is 3.74. The number of hydrogen-bond donors (Lipinski definition) is 1. The summed E-state index contributed by atoms with van der Waals surface area (Å²) in [6, 6.07) is 15.2. The predicted octanol–water partition coefficient (Wildman–Crippen LogP) is 3.61. The molecular weight excluding hydrogens is 300 g/mol. The molecule has 4 nitrogen and oxygen atoms in total. The number of carbonyl (C=O) groups is 2. The Labute approximate surface area is 142 Å². The molecule has 1 fully saturated rings. The Morgan fingerprint density at radius 1 is 1.12 bits per heavy atom. The van der Waals surface area contributed by atoms with E-state index in [-0.39, 0.29) is 17.9 Å². The van der Waals surface area contributed by atoms with E-state index in [9.17, 15) is 9.59 Å². The third-order valence-electron chi connectivity index (χ3n) is 4.52. The summed E-state index contributed by atoms with van der Waals surface area (Å²) < 4.78 is 0. The first kappa shape index (κ1) is 16.2. The molecule has 1 aliphatic rings. The molecule has 2 aromatic carbocycles. The number of amides is 2. The van der Waals surface area contributed by atoms with E-state index in [4.69, 9.17) is 0 Å². The minimum atomic E-state index is -0.106. The number of hydrogen-bond acceptors (Lipinski definition) is 2. The summed E-state index contributed by atoms with van der Waals surface area (Å²) in [6.07, 6.45) is 1.51. The van der Waals surface area contributed by atoms with Crippen LogP contribution in [0.3, 0.4) is 0 Å². The summed E-state index contributed by atoms with van der Waals surface area (Å²) in [5, 5.41) is 3.03. The summed E-state index contributed by atoms with van der Waals surface area (Å²) in [6.45, 7) is 4.78. The number of rotatable bonds is 4. The van der Waals surface area contributed by atoms with Gasteiger partial charge in [0.05, 0.1) is 6.04 Å². The van der Waals surface area contributed by atoms with Crippen molar-refractivity contribution in [3.05, 3.63) is 65.2 Å². The number of aryl methyl sites for hydroxylation is 1. The van der Waals surface area contributed by atoms with E-state index < -0.39 is 0 Å². The van der Waals surface area contributed by atoms with Gasteiger partial charge in [0.1, 0.15) is 0 Å². The maximum absolute atomic E-state index is 12.4. The van der Waals surface area contributed by atoms with Crippen molar-refractivity contribution >= 4 is 17.5 Å². The van der Waals surface area contributed by atoms with E-state index in [1.807, 2.05) is 50.2 Å². The van der Waals surface area contributed by atoms with Crippen LogP contribution in [0.5, 0.6) is 0 Å². The van der Waals surface area contributed by atoms with Crippen LogP contribution in [-0.2, 0) is 4.79 Å². The molecule has 0 radical (unpaired) electrons. The van der Waals surface area contributed by atoms with Crippen LogP contribution in [0.25, 0.3) is 0 Å². The van der Waals surface area contributed by atoms with Gasteiger partial charge in [0.25, 0.3) is 5.91 Å². The highest BCUT2D eigenvalue weighted by molar-refractivity contribution is 5.97. The first-order chi connectivity index (χ1) is 11.6. The molecule has 2 amide bonds. The lowest BCUT2D eigenvalue weighted by molar-refractivity contribution is -0.117. The van der Waals surface area contributed by atoms with E-state index in [1.165, 1.54) is 0 Å². The monoisotopic (exact) mass is 322 g/mol. The second-order valence-electron chi connectivity index (χ2n) is 6.25. The van der Waals surface area contributed by atoms with Crippen molar-refractivity contribution in [2.24, 2.45) is 0 Å². The average molecular weight is 322 g/mol. The molecule has 1 saturated heterocycles. The highest BCUT2D eigenvalue weighted by Gasteiger charge is 2.21. The van der Waals surface area contributed by atoms with Crippen molar-refractivity contribution < 1.29 is 9.59 Å². The number of nitrogens with one attached hydrogen (secondary N) is 1. The summed E-state index contributed by atoms with van der Waals surface area (Å²) >= 11 is 0. The van der Waals surface area contributed by atoms with Gasteiger partial charge in [0.2, 0.25) is 5.91 Å². The standard InChI is InChI=1S/C20H22N2O2/c1-14-6-3-4-7-18(14)15(2)21-20(24)16-9-11-17(12-10-16)22-13-5-8-19(22)23/h3-4,6-7,9-12,15H,5,8,13H2,1-2H3,(H,21,24). The Hall–Kier alpha value is -2.62. The highest BCUT2D eigenvalue weighted by atomic mass is 16.2. The number of nitrogens with zero attached hydrogens (tertiary/aromatic N) is 1. The lowest BCUT2D eigenvalue weighted by atomic mass is 10.0. The first-order valence-electron chi connectivity index (χ1n) is 8.33. The molecule has 0 aromatic heterocycles. The molecule has 3 rings (SSSR count). The molecule has 0 aliphatic carbocycles. The summed E-state index contributed by atoms with van der Waals surface area (Å²) in [4.78, 5) is 26.0. The van der Waals surface area contributed by atoms with Gasteiger partial charge in [-0.25, -0.2) is 0 Å². The smallest absolute Gasteiger partial charge is 0.251 e. The van der Waals surface area contributed by atoms with Crippen LogP contribution in [0.1, 0.15) is 47.3 Å². The zero-order valence-corrected chi connectivity index (χ0v) is 14.1. The molecule has 1 atom stereocenters. The molecule has 0 bridgehead atoms. The quantitative estimate of drug-likeness (QED) is 0.935. The van der Waals surface area contributed by atoms with Gasteiger partial charge in [-0.15, -0.1) is 0 Å². The first-order valence-corrected chi connectivity index (χ1v) is 8.33. The SMILES string of the molecule is Cc1ccccc1C(C)NC(=O)c1ccc(N2CCCC2=O)cc1. The van der Waals surface area contributed by atoms with Gasteiger partial charge < -0.3 is 10.2 Å². The fraction of sp³-hybridized carbons (Fsp3) is 0.300. The molecule has 1 N–H and O–H groups in total. The molecular formula is C20H22N2O2. The Morgan fingerprint density at radius 2 is 1.83 bits per heavy atom. The van der Waals surface area contributed by atoms with Gasteiger partial charge in [0.15, 0.2) is 0 Å². The second kappa shape index (κ2) is 6.87. The number of benzene rings is 2. The maximum atomic E-state index is 12.4. The van der Waals surface area contributed by atoms with Crippen molar-refractivity contribution in [3.63, 3.8) is 0 Å². The second-order valence-corrected chi connectivity index (χ2v) is 6.25. The van der Waals surface area contributed by atoms with Crippen LogP contribution in [-0.4, -0.2) is 18.4 Å². The average Bonchev–Trinajstić information content (AvgIpc) is 3.01. The molecule has 1 aliphatic heterocycles. The van der Waals surface area contributed by atoms with Gasteiger partial charge in [0, 0.05) is 24.2 Å². The van der Waals surface area contributed by atoms with Crippen molar-refractivity contribution in [2.75, 3.05) is 11.4 Å². The van der Waals surface area contributed by atoms with E-state index in [2.05, 4.69) is 5.32 Å². The van der Waals surface area contributed by atoms with Crippen molar-refractivity contribution in [3.8, 4) is 0 Å². The van der Waals surface area contributed by atoms with Crippen LogP contribution < -0.4 is 10.2 Å². The Kier molecular flexibility index (Phi) is 4.65. The molecule has 24 heavy (non-hydrogen) atoms. The van der Waals surface area contributed by atoms with E-state index in [1.54, 1.807) is 17.0 Å². The Bertz CT molecular complexity index is 752. The number of anilines is 1. The molecule has 4 heteroatoms. The molecule has 1 unspecified atom stereocenters. The maximum Gasteiger partial charge on any atom is 0.251 e. The highest BCUT2D eigenvalue weighted by Crippen LogP contribution is 2.22. The van der Waals surface area contributed by atoms with E-state index >= 15 is 0 Å². The van der Waals surface area contributed by atoms with Crippen LogP contribution in [0.2, 0.25) is 0 Å². The largest absolute Gasteiger partial charge is 0.346 e. The van der Waals surface area contributed by atoms with Crippen LogP contribution in [0.4, 0.5) is 5.69 Å². The zero-order valence-electron chi connectivity index (χ0n) is 14.1. The molecule has 2 aromatic rings. The molecule has 0 spiro atoms. The Morgan fingerprint density at radius 3 is 2.46 bits per heavy atom. The van der Waals surface area contributed by atoms with Gasteiger partial charge in [-0.2, -0.15) is 0 Å². The molecule has 124 valence electrons. The lowest BCUT2D eigenvalue weighted by Gasteiger charge is -2.18. The third kappa shape index (κ3) is 3.32. The van der Waals surface area contributed by atoms with E-state index in [0.717, 1.165) is 29.8 Å².